The fraction of sp³-hybridized carbons (Fsp3) is 0.593. The minimum atomic E-state index is -0.213. The number of ketones is 1. The number of Topliss-reactive ketones (excluding diaryl/α,β-unsaturated/α-hetero) is 1. The molecule has 0 aliphatic heterocycles. The maximum Gasteiger partial charge on any atom is 0.165 e. The van der Waals surface area contributed by atoms with E-state index in [0.717, 1.165) is 61.8 Å². The smallest absolute Gasteiger partial charge is 0.165 e. The second-order valence-corrected chi connectivity index (χ2v) is 10.6. The Morgan fingerprint density at radius 2 is 1.77 bits per heavy atom. The van der Waals surface area contributed by atoms with Crippen LogP contribution < -0.4 is 4.74 Å². The van der Waals surface area contributed by atoms with Crippen LogP contribution in [-0.2, 0) is 4.79 Å². The second-order valence-electron chi connectivity index (χ2n) is 10.6. The van der Waals surface area contributed by atoms with Gasteiger partial charge in [0.1, 0.15) is 5.75 Å². The molecule has 3 saturated carbocycles. The Labute approximate surface area is 180 Å². The molecule has 3 heteroatoms. The van der Waals surface area contributed by atoms with E-state index in [1.165, 1.54) is 5.57 Å². The number of hydrogen-bond acceptors (Lipinski definition) is 3. The summed E-state index contributed by atoms with van der Waals surface area (Å²) < 4.78 is 5.26. The molecular weight excluding hydrogens is 372 g/mol. The van der Waals surface area contributed by atoms with Crippen LogP contribution in [0.2, 0.25) is 0 Å². The fourth-order valence-electron chi connectivity index (χ4n) is 7.34. The SMILES string of the molecule is COc1ccc(/C=C2\CC3C4CC=C5CC(O)CCC5(C)C4CCC3(C)C2=O)cc1. The monoisotopic (exact) mass is 406 g/mol. The fourth-order valence-corrected chi connectivity index (χ4v) is 7.34. The first kappa shape index (κ1) is 20.1. The third kappa shape index (κ3) is 2.92. The van der Waals surface area contributed by atoms with Crippen LogP contribution in [0.1, 0.15) is 64.4 Å². The highest BCUT2D eigenvalue weighted by molar-refractivity contribution is 6.05. The summed E-state index contributed by atoms with van der Waals surface area (Å²) in [5.41, 5.74) is 3.58. The quantitative estimate of drug-likeness (QED) is 0.515. The largest absolute Gasteiger partial charge is 0.497 e. The molecule has 6 atom stereocenters. The van der Waals surface area contributed by atoms with Crippen molar-refractivity contribution in [1.82, 2.24) is 0 Å². The normalized spacial score (nSPS) is 41.7. The summed E-state index contributed by atoms with van der Waals surface area (Å²) in [6, 6.07) is 8.00. The van der Waals surface area contributed by atoms with E-state index in [1.807, 2.05) is 24.3 Å². The van der Waals surface area contributed by atoms with Crippen molar-refractivity contribution in [1.29, 1.82) is 0 Å². The maximum atomic E-state index is 13.5. The average Bonchev–Trinajstić information content (AvgIpc) is 3.00. The molecule has 4 aliphatic carbocycles. The van der Waals surface area contributed by atoms with Crippen molar-refractivity contribution in [3.63, 3.8) is 0 Å². The van der Waals surface area contributed by atoms with Crippen LogP contribution in [0, 0.1) is 28.6 Å². The molecule has 0 radical (unpaired) electrons. The Morgan fingerprint density at radius 3 is 2.50 bits per heavy atom. The number of fused-ring (bicyclic) bond motifs is 5. The lowest BCUT2D eigenvalue weighted by Gasteiger charge is -2.56. The Bertz CT molecular complexity index is 911. The highest BCUT2D eigenvalue weighted by atomic mass is 16.5. The van der Waals surface area contributed by atoms with Gasteiger partial charge in [0.25, 0.3) is 0 Å². The first-order valence-electron chi connectivity index (χ1n) is 11.6. The van der Waals surface area contributed by atoms with E-state index in [9.17, 15) is 9.90 Å². The van der Waals surface area contributed by atoms with Crippen LogP contribution in [0.3, 0.4) is 0 Å². The number of methoxy groups -OCH3 is 1. The molecule has 4 aliphatic rings. The minimum Gasteiger partial charge on any atom is -0.497 e. The number of aliphatic hydroxyl groups excluding tert-OH is 1. The molecule has 0 saturated heterocycles. The van der Waals surface area contributed by atoms with Crippen molar-refractivity contribution in [3.8, 4) is 5.75 Å². The van der Waals surface area contributed by atoms with Crippen LogP contribution >= 0.6 is 0 Å². The van der Waals surface area contributed by atoms with Gasteiger partial charge in [-0.25, -0.2) is 0 Å². The van der Waals surface area contributed by atoms with Crippen molar-refractivity contribution in [2.45, 2.75) is 64.9 Å². The summed E-state index contributed by atoms with van der Waals surface area (Å²) in [6.07, 6.45) is 11.4. The molecular formula is C27H34O3. The van der Waals surface area contributed by atoms with E-state index in [2.05, 4.69) is 26.0 Å². The van der Waals surface area contributed by atoms with Crippen molar-refractivity contribution < 1.29 is 14.6 Å². The summed E-state index contributed by atoms with van der Waals surface area (Å²) in [4.78, 5) is 13.5. The summed E-state index contributed by atoms with van der Waals surface area (Å²) in [5, 5.41) is 10.2. The van der Waals surface area contributed by atoms with Gasteiger partial charge in [-0.05, 0) is 97.5 Å². The Hall–Kier alpha value is -1.87. The minimum absolute atomic E-state index is 0.165. The van der Waals surface area contributed by atoms with Crippen molar-refractivity contribution in [2.75, 3.05) is 7.11 Å². The molecule has 1 aromatic carbocycles. The average molecular weight is 407 g/mol. The molecule has 0 spiro atoms. The van der Waals surface area contributed by atoms with Crippen LogP contribution in [0.4, 0.5) is 0 Å². The van der Waals surface area contributed by atoms with Crippen LogP contribution in [-0.4, -0.2) is 24.1 Å². The van der Waals surface area contributed by atoms with Gasteiger partial charge < -0.3 is 9.84 Å². The first-order valence-corrected chi connectivity index (χ1v) is 11.6. The number of carbonyl (C=O) groups excluding carboxylic acids is 1. The van der Waals surface area contributed by atoms with E-state index in [0.29, 0.717) is 23.5 Å². The lowest BCUT2D eigenvalue weighted by atomic mass is 9.48. The molecule has 6 unspecified atom stereocenters. The Balaban J connectivity index is 1.45. The van der Waals surface area contributed by atoms with Gasteiger partial charge in [0.2, 0.25) is 0 Å². The molecule has 160 valence electrons. The van der Waals surface area contributed by atoms with Gasteiger partial charge >= 0.3 is 0 Å². The second kappa shape index (κ2) is 7.09. The molecule has 0 amide bonds. The van der Waals surface area contributed by atoms with E-state index >= 15 is 0 Å². The predicted molar refractivity (Wildman–Crippen MR) is 119 cm³/mol. The highest BCUT2D eigenvalue weighted by Crippen LogP contribution is 2.64. The molecule has 3 nitrogen and oxygen atoms in total. The van der Waals surface area contributed by atoms with Gasteiger partial charge in [-0.2, -0.15) is 0 Å². The summed E-state index contributed by atoms with van der Waals surface area (Å²) >= 11 is 0. The molecule has 0 bridgehead atoms. The molecule has 1 aromatic rings. The molecule has 1 N–H and O–H groups in total. The number of benzene rings is 1. The van der Waals surface area contributed by atoms with Crippen LogP contribution in [0.25, 0.3) is 6.08 Å². The Kier molecular flexibility index (Phi) is 4.74. The van der Waals surface area contributed by atoms with E-state index < -0.39 is 0 Å². The zero-order valence-corrected chi connectivity index (χ0v) is 18.5. The zero-order chi connectivity index (χ0) is 21.1. The number of carbonyl (C=O) groups is 1. The van der Waals surface area contributed by atoms with Gasteiger partial charge in [0.05, 0.1) is 13.2 Å². The third-order valence-electron chi connectivity index (χ3n) is 9.17. The van der Waals surface area contributed by atoms with Crippen LogP contribution in [0.15, 0.2) is 41.5 Å². The molecule has 0 heterocycles. The van der Waals surface area contributed by atoms with Gasteiger partial charge in [-0.1, -0.05) is 37.6 Å². The molecule has 5 rings (SSSR count). The van der Waals surface area contributed by atoms with E-state index in [4.69, 9.17) is 4.74 Å². The van der Waals surface area contributed by atoms with E-state index in [-0.39, 0.29) is 16.9 Å². The van der Waals surface area contributed by atoms with Crippen LogP contribution in [0.5, 0.6) is 5.75 Å². The molecule has 0 aromatic heterocycles. The van der Waals surface area contributed by atoms with Gasteiger partial charge in [0.15, 0.2) is 5.78 Å². The zero-order valence-electron chi connectivity index (χ0n) is 18.5. The summed E-state index contributed by atoms with van der Waals surface area (Å²) in [7, 11) is 1.67. The summed E-state index contributed by atoms with van der Waals surface area (Å²) in [6.45, 7) is 4.67. The number of hydrogen-bond donors (Lipinski definition) is 1. The highest BCUT2D eigenvalue weighted by Gasteiger charge is 2.59. The number of allylic oxidation sites excluding steroid dienone is 2. The maximum absolute atomic E-state index is 13.5. The lowest BCUT2D eigenvalue weighted by molar-refractivity contribution is -0.130. The molecule has 30 heavy (non-hydrogen) atoms. The Morgan fingerprint density at radius 1 is 1.03 bits per heavy atom. The van der Waals surface area contributed by atoms with Crippen molar-refractivity contribution >= 4 is 11.9 Å². The van der Waals surface area contributed by atoms with E-state index in [1.54, 1.807) is 7.11 Å². The van der Waals surface area contributed by atoms with Gasteiger partial charge in [0, 0.05) is 5.41 Å². The first-order chi connectivity index (χ1) is 14.3. The predicted octanol–water partition coefficient (Wildman–Crippen LogP) is 5.58. The lowest BCUT2D eigenvalue weighted by Crippen LogP contribution is -2.50. The topological polar surface area (TPSA) is 46.5 Å². The number of aliphatic hydroxyl groups is 1. The number of rotatable bonds is 2. The van der Waals surface area contributed by atoms with Gasteiger partial charge in [-0.3, -0.25) is 4.79 Å². The van der Waals surface area contributed by atoms with Gasteiger partial charge in [-0.15, -0.1) is 0 Å². The molecule has 3 fully saturated rings. The standard InChI is InChI=1S/C27H34O3/c1-26-12-10-20(28)16-19(26)6-9-22-23(26)11-13-27(2)24(22)15-18(25(27)29)14-17-4-7-21(30-3)8-5-17/h4-8,14,20,22-24,28H,9-13,15-16H2,1-3H3/b18-14+. The van der Waals surface area contributed by atoms with Crippen molar-refractivity contribution in [2.24, 2.45) is 28.6 Å². The number of ether oxygens (including phenoxy) is 1. The summed E-state index contributed by atoms with van der Waals surface area (Å²) in [5.74, 6) is 2.89. The third-order valence-corrected chi connectivity index (χ3v) is 9.17. The van der Waals surface area contributed by atoms with Crippen molar-refractivity contribution in [3.05, 3.63) is 47.1 Å².